The van der Waals surface area contributed by atoms with E-state index in [2.05, 4.69) is 0 Å². The predicted molar refractivity (Wildman–Crippen MR) is 95.4 cm³/mol. The van der Waals surface area contributed by atoms with Gasteiger partial charge in [-0.15, -0.1) is 11.3 Å². The summed E-state index contributed by atoms with van der Waals surface area (Å²) < 4.78 is 29.0. The van der Waals surface area contributed by atoms with Gasteiger partial charge in [0.25, 0.3) is 0 Å². The van der Waals surface area contributed by atoms with Crippen molar-refractivity contribution in [3.63, 3.8) is 0 Å². The molecule has 138 valence electrons. The van der Waals surface area contributed by atoms with Gasteiger partial charge in [-0.1, -0.05) is 0 Å². The number of rotatable bonds is 5. The van der Waals surface area contributed by atoms with Gasteiger partial charge in [-0.3, -0.25) is 4.79 Å². The third-order valence-corrected chi connectivity index (χ3v) is 6.03. The lowest BCUT2D eigenvalue weighted by Crippen LogP contribution is -2.41. The molecule has 1 saturated heterocycles. The van der Waals surface area contributed by atoms with Crippen molar-refractivity contribution in [3.8, 4) is 11.5 Å². The number of ether oxygens (including phenoxy) is 3. The van der Waals surface area contributed by atoms with Crippen LogP contribution in [0.25, 0.3) is 0 Å². The van der Waals surface area contributed by atoms with Crippen molar-refractivity contribution in [1.82, 2.24) is 0 Å². The van der Waals surface area contributed by atoms with Gasteiger partial charge in [0.15, 0.2) is 11.5 Å². The Balaban J connectivity index is 1.91. The highest BCUT2D eigenvalue weighted by Gasteiger charge is 2.55. The van der Waals surface area contributed by atoms with Crippen molar-refractivity contribution in [2.45, 2.75) is 58.1 Å². The van der Waals surface area contributed by atoms with Crippen LogP contribution in [-0.2, 0) is 18.8 Å². The van der Waals surface area contributed by atoms with Crippen LogP contribution in [-0.4, -0.2) is 44.1 Å². The second-order valence-corrected chi connectivity index (χ2v) is 8.14. The van der Waals surface area contributed by atoms with Crippen molar-refractivity contribution in [3.05, 3.63) is 10.3 Å². The quantitative estimate of drug-likeness (QED) is 0.588. The largest absolute Gasteiger partial charge is 0.485 e. The van der Waals surface area contributed by atoms with Crippen LogP contribution in [0.5, 0.6) is 11.5 Å². The molecule has 1 aromatic heterocycles. The fraction of sp³-hybridized carbons (Fsp3) is 0.706. The summed E-state index contributed by atoms with van der Waals surface area (Å²) in [4.78, 5) is 13.1. The number of fused-ring (bicyclic) bond motifs is 1. The van der Waals surface area contributed by atoms with Crippen molar-refractivity contribution in [1.29, 1.82) is 0 Å². The second kappa shape index (κ2) is 6.81. The van der Waals surface area contributed by atoms with Crippen molar-refractivity contribution >= 4 is 24.4 Å². The highest BCUT2D eigenvalue weighted by atomic mass is 32.1. The molecular formula is C17H25BO6S. The molecule has 8 heteroatoms. The molecule has 0 spiro atoms. The topological polar surface area (TPSA) is 63.2 Å². The van der Waals surface area contributed by atoms with E-state index < -0.39 is 18.3 Å². The van der Waals surface area contributed by atoms with Gasteiger partial charge in [0.2, 0.25) is 0 Å². The lowest BCUT2D eigenvalue weighted by Gasteiger charge is -2.32. The molecule has 1 unspecified atom stereocenters. The van der Waals surface area contributed by atoms with Gasteiger partial charge in [0.1, 0.15) is 13.2 Å². The van der Waals surface area contributed by atoms with Crippen LogP contribution in [0.1, 0.15) is 51.7 Å². The highest BCUT2D eigenvalue weighted by molar-refractivity contribution is 7.11. The maximum Gasteiger partial charge on any atom is 0.467 e. The minimum atomic E-state index is -0.553. The summed E-state index contributed by atoms with van der Waals surface area (Å²) in [5.74, 6) is 0.827. The Morgan fingerprint density at radius 2 is 1.88 bits per heavy atom. The summed E-state index contributed by atoms with van der Waals surface area (Å²) in [5.41, 5.74) is -0.946. The van der Waals surface area contributed by atoms with Crippen LogP contribution in [0.15, 0.2) is 5.38 Å². The summed E-state index contributed by atoms with van der Waals surface area (Å²) in [7, 11) is -0.553. The predicted octanol–water partition coefficient (Wildman–Crippen LogP) is 3.19. The van der Waals surface area contributed by atoms with Crippen LogP contribution in [0.3, 0.4) is 0 Å². The molecule has 25 heavy (non-hydrogen) atoms. The third-order valence-electron chi connectivity index (χ3n) is 4.96. The lowest BCUT2D eigenvalue weighted by atomic mass is 9.68. The Hall–Kier alpha value is -1.25. The normalized spacial score (nSPS) is 21.9. The standard InChI is InChI=1S/C17H25BO6S/c1-6-20-13(19)9-11(18-23-16(2,3)17(4,5)24-18)15-14-12(10-25-15)21-7-8-22-14/h10-11H,6-9H2,1-5H3. The molecule has 0 aliphatic carbocycles. The number of hydrogen-bond donors (Lipinski definition) is 0. The smallest absolute Gasteiger partial charge is 0.467 e. The summed E-state index contributed by atoms with van der Waals surface area (Å²) in [6, 6.07) is 0. The summed E-state index contributed by atoms with van der Waals surface area (Å²) in [5, 5.41) is 1.91. The van der Waals surface area contributed by atoms with Gasteiger partial charge in [-0.25, -0.2) is 0 Å². The van der Waals surface area contributed by atoms with Crippen LogP contribution in [0.2, 0.25) is 0 Å². The summed E-state index contributed by atoms with van der Waals surface area (Å²) >= 11 is 1.50. The van der Waals surface area contributed by atoms with E-state index in [9.17, 15) is 4.79 Å². The monoisotopic (exact) mass is 368 g/mol. The van der Waals surface area contributed by atoms with Crippen molar-refractivity contribution in [2.75, 3.05) is 19.8 Å². The highest BCUT2D eigenvalue weighted by Crippen LogP contribution is 2.48. The molecule has 3 rings (SSSR count). The summed E-state index contributed by atoms with van der Waals surface area (Å²) in [6.45, 7) is 11.2. The molecule has 0 radical (unpaired) electrons. The van der Waals surface area contributed by atoms with E-state index in [1.165, 1.54) is 11.3 Å². The molecule has 1 aromatic rings. The zero-order valence-corrected chi connectivity index (χ0v) is 16.2. The van der Waals surface area contributed by atoms with E-state index in [1.807, 2.05) is 33.1 Å². The number of hydrogen-bond acceptors (Lipinski definition) is 7. The van der Waals surface area contributed by atoms with E-state index >= 15 is 0 Å². The van der Waals surface area contributed by atoms with Gasteiger partial charge in [-0.05, 0) is 34.6 Å². The van der Waals surface area contributed by atoms with Crippen LogP contribution in [0.4, 0.5) is 0 Å². The van der Waals surface area contributed by atoms with Gasteiger partial charge in [0, 0.05) is 11.2 Å². The second-order valence-electron chi connectivity index (χ2n) is 7.23. The van der Waals surface area contributed by atoms with Gasteiger partial charge < -0.3 is 23.5 Å². The van der Waals surface area contributed by atoms with E-state index in [4.69, 9.17) is 23.5 Å². The zero-order chi connectivity index (χ0) is 18.2. The first kappa shape index (κ1) is 18.5. The molecule has 0 saturated carbocycles. The molecule has 0 N–H and O–H groups in total. The zero-order valence-electron chi connectivity index (χ0n) is 15.4. The first-order valence-corrected chi connectivity index (χ1v) is 9.51. The van der Waals surface area contributed by atoms with Crippen molar-refractivity contribution in [2.24, 2.45) is 0 Å². The van der Waals surface area contributed by atoms with E-state index in [1.54, 1.807) is 6.92 Å². The Morgan fingerprint density at radius 1 is 1.24 bits per heavy atom. The molecule has 0 aromatic carbocycles. The molecular weight excluding hydrogens is 343 g/mol. The number of carbonyl (C=O) groups excluding carboxylic acids is 1. The Labute approximate surface area is 152 Å². The first-order valence-electron chi connectivity index (χ1n) is 8.63. The maximum atomic E-state index is 12.2. The van der Waals surface area contributed by atoms with Gasteiger partial charge >= 0.3 is 13.1 Å². The maximum absolute atomic E-state index is 12.2. The van der Waals surface area contributed by atoms with Gasteiger partial charge in [-0.2, -0.15) is 0 Å². The van der Waals surface area contributed by atoms with E-state index in [0.29, 0.717) is 25.6 Å². The van der Waals surface area contributed by atoms with Crippen LogP contribution in [0, 0.1) is 0 Å². The Bertz CT molecular complexity index is 625. The SMILES string of the molecule is CCOC(=O)CC(B1OC(C)(C)C(C)(C)O1)c1scc2c1OCCO2. The summed E-state index contributed by atoms with van der Waals surface area (Å²) in [6.07, 6.45) is 0.168. The van der Waals surface area contributed by atoms with Crippen LogP contribution < -0.4 is 9.47 Å². The van der Waals surface area contributed by atoms with E-state index in [-0.39, 0.29) is 18.2 Å². The average molecular weight is 368 g/mol. The van der Waals surface area contributed by atoms with Gasteiger partial charge in [0.05, 0.1) is 29.1 Å². The number of thiophene rings is 1. The molecule has 1 atom stereocenters. The third kappa shape index (κ3) is 3.52. The minimum absolute atomic E-state index is 0.168. The molecule has 2 aliphatic heterocycles. The molecule has 6 nitrogen and oxygen atoms in total. The molecule has 1 fully saturated rings. The van der Waals surface area contributed by atoms with E-state index in [0.717, 1.165) is 10.6 Å². The van der Waals surface area contributed by atoms with Crippen LogP contribution >= 0.6 is 11.3 Å². The number of carbonyl (C=O) groups is 1. The Kier molecular flexibility index (Phi) is 5.05. The molecule has 3 heterocycles. The average Bonchev–Trinajstić information content (AvgIpc) is 3.04. The first-order chi connectivity index (χ1) is 11.7. The van der Waals surface area contributed by atoms with Crippen molar-refractivity contribution < 1.29 is 28.3 Å². The fourth-order valence-electron chi connectivity index (χ4n) is 2.90. The number of esters is 1. The molecule has 0 amide bonds. The Morgan fingerprint density at radius 3 is 2.52 bits per heavy atom. The fourth-order valence-corrected chi connectivity index (χ4v) is 3.95. The molecule has 2 aliphatic rings. The lowest BCUT2D eigenvalue weighted by molar-refractivity contribution is -0.143. The molecule has 0 bridgehead atoms. The minimum Gasteiger partial charge on any atom is -0.485 e.